The number of nitrogens with zero attached hydrogens (tertiary/aromatic N) is 2. The van der Waals surface area contributed by atoms with Crippen molar-refractivity contribution in [3.05, 3.63) is 23.9 Å². The first-order chi connectivity index (χ1) is 9.72. The maximum atomic E-state index is 12.5. The Morgan fingerprint density at radius 1 is 1.38 bits per heavy atom. The molecule has 0 aromatic carbocycles. The van der Waals surface area contributed by atoms with Crippen molar-refractivity contribution >= 4 is 15.8 Å². The van der Waals surface area contributed by atoms with Crippen LogP contribution in [0.4, 0.5) is 19.0 Å². The lowest BCUT2D eigenvalue weighted by molar-refractivity contribution is -0.141. The molecule has 5 nitrogen and oxygen atoms in total. The van der Waals surface area contributed by atoms with Crippen molar-refractivity contribution in [1.29, 1.82) is 0 Å². The number of sulfonamides is 1. The quantitative estimate of drug-likeness (QED) is 0.897. The van der Waals surface area contributed by atoms with E-state index in [1.165, 1.54) is 16.4 Å². The molecule has 1 aliphatic heterocycles. The Kier molecular flexibility index (Phi) is 4.43. The van der Waals surface area contributed by atoms with Crippen LogP contribution in [0, 0.1) is 5.92 Å². The van der Waals surface area contributed by atoms with Crippen LogP contribution in [0.15, 0.2) is 18.2 Å². The van der Waals surface area contributed by atoms with Gasteiger partial charge in [-0.1, -0.05) is 6.07 Å². The third-order valence-corrected chi connectivity index (χ3v) is 5.11. The zero-order chi connectivity index (χ0) is 15.7. The van der Waals surface area contributed by atoms with Crippen LogP contribution in [0.25, 0.3) is 0 Å². The third-order valence-electron chi connectivity index (χ3n) is 3.29. The van der Waals surface area contributed by atoms with Crippen LogP contribution < -0.4 is 5.32 Å². The summed E-state index contributed by atoms with van der Waals surface area (Å²) in [4.78, 5) is 3.49. The van der Waals surface area contributed by atoms with Gasteiger partial charge in [0.25, 0.3) is 0 Å². The van der Waals surface area contributed by atoms with Gasteiger partial charge in [-0.05, 0) is 19.1 Å². The smallest absolute Gasteiger partial charge is 0.370 e. The molecule has 0 bridgehead atoms. The van der Waals surface area contributed by atoms with Crippen molar-refractivity contribution in [3.8, 4) is 0 Å². The summed E-state index contributed by atoms with van der Waals surface area (Å²) in [5, 5.41) is 2.82. The lowest BCUT2D eigenvalue weighted by Gasteiger charge is -2.38. The minimum atomic E-state index is -4.47. The molecule has 1 N–H and O–H groups in total. The molecule has 2 heterocycles. The normalized spacial score (nSPS) is 17.5. The second-order valence-electron chi connectivity index (χ2n) is 4.87. The average molecular weight is 323 g/mol. The summed E-state index contributed by atoms with van der Waals surface area (Å²) < 4.78 is 61.9. The number of pyridine rings is 1. The number of hydrogen-bond donors (Lipinski definition) is 1. The predicted molar refractivity (Wildman–Crippen MR) is 72.3 cm³/mol. The van der Waals surface area contributed by atoms with E-state index >= 15 is 0 Å². The van der Waals surface area contributed by atoms with Gasteiger partial charge in [-0.15, -0.1) is 0 Å². The first-order valence-corrected chi connectivity index (χ1v) is 8.09. The predicted octanol–water partition coefficient (Wildman–Crippen LogP) is 1.79. The van der Waals surface area contributed by atoms with Crippen molar-refractivity contribution < 1.29 is 21.6 Å². The van der Waals surface area contributed by atoms with Gasteiger partial charge in [-0.25, -0.2) is 17.7 Å². The molecule has 118 valence electrons. The highest BCUT2D eigenvalue weighted by Crippen LogP contribution is 2.28. The molecule has 0 amide bonds. The van der Waals surface area contributed by atoms with E-state index in [-0.39, 0.29) is 17.5 Å². The van der Waals surface area contributed by atoms with Crippen LogP contribution in [0.1, 0.15) is 12.6 Å². The van der Waals surface area contributed by atoms with Gasteiger partial charge in [0.1, 0.15) is 11.5 Å². The molecule has 1 saturated heterocycles. The molecular weight excluding hydrogens is 307 g/mol. The van der Waals surface area contributed by atoms with E-state index in [1.807, 2.05) is 0 Å². The van der Waals surface area contributed by atoms with Crippen molar-refractivity contribution in [1.82, 2.24) is 9.29 Å². The number of hydrogen-bond acceptors (Lipinski definition) is 4. The van der Waals surface area contributed by atoms with Gasteiger partial charge in [0.2, 0.25) is 10.0 Å². The lowest BCUT2D eigenvalue weighted by atomic mass is 10.0. The summed E-state index contributed by atoms with van der Waals surface area (Å²) in [7, 11) is -3.16. The molecule has 1 aliphatic rings. The zero-order valence-corrected chi connectivity index (χ0v) is 12.2. The second-order valence-corrected chi connectivity index (χ2v) is 7.13. The molecule has 0 unspecified atom stereocenters. The highest BCUT2D eigenvalue weighted by atomic mass is 32.2. The van der Waals surface area contributed by atoms with E-state index < -0.39 is 21.9 Å². The van der Waals surface area contributed by atoms with Gasteiger partial charge >= 0.3 is 6.18 Å². The highest BCUT2D eigenvalue weighted by molar-refractivity contribution is 7.89. The topological polar surface area (TPSA) is 62.3 Å². The number of rotatable bonds is 5. The van der Waals surface area contributed by atoms with Gasteiger partial charge in [0.15, 0.2) is 0 Å². The minimum absolute atomic E-state index is 0.0579. The summed E-state index contributed by atoms with van der Waals surface area (Å²) in [5.74, 6) is 0.284. The van der Waals surface area contributed by atoms with Crippen molar-refractivity contribution in [2.75, 3.05) is 30.7 Å². The van der Waals surface area contributed by atoms with Crippen molar-refractivity contribution in [2.45, 2.75) is 13.1 Å². The standard InChI is InChI=1S/C12H16F3N3O2S/c1-2-21(19,20)18-7-9(8-18)6-16-11-5-3-4-10(17-11)12(13,14)15/h3-5,9H,2,6-8H2,1H3,(H,16,17). The molecule has 0 spiro atoms. The molecule has 0 atom stereocenters. The molecule has 0 saturated carbocycles. The minimum Gasteiger partial charge on any atom is -0.370 e. The monoisotopic (exact) mass is 323 g/mol. The SMILES string of the molecule is CCS(=O)(=O)N1CC(CNc2cccc(C(F)(F)F)n2)C1. The number of alkyl halides is 3. The molecule has 21 heavy (non-hydrogen) atoms. The summed E-state index contributed by atoms with van der Waals surface area (Å²) in [5.41, 5.74) is -0.948. The van der Waals surface area contributed by atoms with Crippen LogP contribution >= 0.6 is 0 Å². The van der Waals surface area contributed by atoms with Gasteiger partial charge < -0.3 is 5.32 Å². The Labute approximate surface area is 121 Å². The molecule has 9 heteroatoms. The third kappa shape index (κ3) is 3.85. The molecule has 1 fully saturated rings. The summed E-state index contributed by atoms with van der Waals surface area (Å²) in [6, 6.07) is 3.64. The first-order valence-electron chi connectivity index (χ1n) is 6.48. The highest BCUT2D eigenvalue weighted by Gasteiger charge is 2.35. The number of anilines is 1. The van der Waals surface area contributed by atoms with E-state index in [0.29, 0.717) is 19.6 Å². The van der Waals surface area contributed by atoms with E-state index in [1.54, 1.807) is 6.92 Å². The van der Waals surface area contributed by atoms with E-state index in [4.69, 9.17) is 0 Å². The van der Waals surface area contributed by atoms with Crippen molar-refractivity contribution in [3.63, 3.8) is 0 Å². The fraction of sp³-hybridized carbons (Fsp3) is 0.583. The summed E-state index contributed by atoms with van der Waals surface area (Å²) in [6.45, 7) is 2.75. The Balaban J connectivity index is 1.86. The molecule has 0 aliphatic carbocycles. The van der Waals surface area contributed by atoms with Gasteiger partial charge in [-0.3, -0.25) is 0 Å². The maximum absolute atomic E-state index is 12.5. The van der Waals surface area contributed by atoms with Gasteiger partial charge in [0.05, 0.1) is 5.75 Å². The summed E-state index contributed by atoms with van der Waals surface area (Å²) in [6.07, 6.45) is -4.47. The van der Waals surface area contributed by atoms with Crippen LogP contribution in [-0.2, 0) is 16.2 Å². The van der Waals surface area contributed by atoms with Crippen LogP contribution in [0.5, 0.6) is 0 Å². The Hall–Kier alpha value is -1.35. The van der Waals surface area contributed by atoms with E-state index in [9.17, 15) is 21.6 Å². The number of halogens is 3. The van der Waals surface area contributed by atoms with E-state index in [2.05, 4.69) is 10.3 Å². The molecular formula is C12H16F3N3O2S. The van der Waals surface area contributed by atoms with Crippen LogP contribution in [0.2, 0.25) is 0 Å². The lowest BCUT2D eigenvalue weighted by Crippen LogP contribution is -2.52. The molecule has 2 rings (SSSR count). The number of aromatic nitrogens is 1. The molecule has 1 aromatic rings. The van der Waals surface area contributed by atoms with Gasteiger partial charge in [0, 0.05) is 25.6 Å². The molecule has 0 radical (unpaired) electrons. The average Bonchev–Trinajstić information content (AvgIpc) is 2.36. The summed E-state index contributed by atoms with van der Waals surface area (Å²) >= 11 is 0. The first kappa shape index (κ1) is 16.0. The Morgan fingerprint density at radius 3 is 2.62 bits per heavy atom. The molecule has 1 aromatic heterocycles. The Morgan fingerprint density at radius 2 is 2.05 bits per heavy atom. The maximum Gasteiger partial charge on any atom is 0.433 e. The van der Waals surface area contributed by atoms with Crippen LogP contribution in [0.3, 0.4) is 0 Å². The Bertz CT molecular complexity index is 598. The fourth-order valence-corrected chi connectivity index (χ4v) is 3.24. The zero-order valence-electron chi connectivity index (χ0n) is 11.4. The fourth-order valence-electron chi connectivity index (χ4n) is 2.00. The largest absolute Gasteiger partial charge is 0.433 e. The number of nitrogens with one attached hydrogen (secondary N) is 1. The van der Waals surface area contributed by atoms with E-state index in [0.717, 1.165) is 6.07 Å². The second kappa shape index (κ2) is 5.80. The van der Waals surface area contributed by atoms with Gasteiger partial charge in [-0.2, -0.15) is 13.2 Å². The van der Waals surface area contributed by atoms with Crippen LogP contribution in [-0.4, -0.2) is 43.1 Å². The van der Waals surface area contributed by atoms with Crippen molar-refractivity contribution in [2.24, 2.45) is 5.92 Å².